The van der Waals surface area contributed by atoms with E-state index >= 15 is 0 Å². The van der Waals surface area contributed by atoms with Gasteiger partial charge in [-0.2, -0.15) is 0 Å². The zero-order chi connectivity index (χ0) is 14.5. The first-order valence-electron chi connectivity index (χ1n) is 7.45. The van der Waals surface area contributed by atoms with Crippen LogP contribution in [0.1, 0.15) is 51.8 Å². The van der Waals surface area contributed by atoms with Crippen molar-refractivity contribution < 1.29 is 4.79 Å². The molecule has 0 bridgehead atoms. The Morgan fingerprint density at radius 2 is 2.25 bits per heavy atom. The van der Waals surface area contributed by atoms with Crippen LogP contribution in [0.2, 0.25) is 0 Å². The fourth-order valence-electron chi connectivity index (χ4n) is 3.49. The molecular formula is C16H22N2OS. The second kappa shape index (κ2) is 4.69. The van der Waals surface area contributed by atoms with Gasteiger partial charge in [0.25, 0.3) is 0 Å². The molecule has 4 heteroatoms. The van der Waals surface area contributed by atoms with Crippen molar-refractivity contribution in [2.24, 2.45) is 11.8 Å². The van der Waals surface area contributed by atoms with Gasteiger partial charge in [-0.3, -0.25) is 4.79 Å². The SMILES string of the molecule is CC[C@]1(C)C2=C(C[C@H](C(C)C)CC2=O)Nc2ncsc21. The topological polar surface area (TPSA) is 42.0 Å². The van der Waals surface area contributed by atoms with E-state index in [9.17, 15) is 4.79 Å². The average Bonchev–Trinajstić information content (AvgIpc) is 2.86. The predicted molar refractivity (Wildman–Crippen MR) is 83.0 cm³/mol. The lowest BCUT2D eigenvalue weighted by atomic mass is 9.67. The Balaban J connectivity index is 2.10. The van der Waals surface area contributed by atoms with Crippen LogP contribution in [0.3, 0.4) is 0 Å². The Morgan fingerprint density at radius 1 is 1.50 bits per heavy atom. The second-order valence-electron chi connectivity index (χ2n) is 6.53. The van der Waals surface area contributed by atoms with Gasteiger partial charge in [0.1, 0.15) is 5.82 Å². The maximum absolute atomic E-state index is 12.7. The van der Waals surface area contributed by atoms with Crippen molar-refractivity contribution in [3.63, 3.8) is 0 Å². The van der Waals surface area contributed by atoms with Gasteiger partial charge in [-0.15, -0.1) is 11.3 Å². The Hall–Kier alpha value is -1.16. The molecule has 2 atom stereocenters. The van der Waals surface area contributed by atoms with Crippen molar-refractivity contribution in [2.75, 3.05) is 5.32 Å². The van der Waals surface area contributed by atoms with E-state index in [1.54, 1.807) is 11.3 Å². The minimum atomic E-state index is -0.157. The molecule has 20 heavy (non-hydrogen) atoms. The molecule has 0 aromatic carbocycles. The number of aromatic nitrogens is 1. The average molecular weight is 290 g/mol. The molecular weight excluding hydrogens is 268 g/mol. The summed E-state index contributed by atoms with van der Waals surface area (Å²) in [6, 6.07) is 0. The molecule has 0 radical (unpaired) electrons. The third-order valence-corrected chi connectivity index (χ3v) is 6.12. The zero-order valence-corrected chi connectivity index (χ0v) is 13.4. The number of hydrogen-bond acceptors (Lipinski definition) is 4. The number of nitrogens with zero attached hydrogens (tertiary/aromatic N) is 1. The third-order valence-electron chi connectivity index (χ3n) is 5.03. The molecule has 108 valence electrons. The fourth-order valence-corrected chi connectivity index (χ4v) is 4.48. The molecule has 3 rings (SSSR count). The summed E-state index contributed by atoms with van der Waals surface area (Å²) in [4.78, 5) is 18.4. The molecule has 0 amide bonds. The summed E-state index contributed by atoms with van der Waals surface area (Å²) in [5.74, 6) is 2.30. The summed E-state index contributed by atoms with van der Waals surface area (Å²) < 4.78 is 0. The number of rotatable bonds is 2. The van der Waals surface area contributed by atoms with Gasteiger partial charge in [0.05, 0.1) is 10.4 Å². The Bertz CT molecular complexity index is 587. The smallest absolute Gasteiger partial charge is 0.161 e. The van der Waals surface area contributed by atoms with Crippen molar-refractivity contribution in [1.82, 2.24) is 4.98 Å². The van der Waals surface area contributed by atoms with E-state index in [1.165, 1.54) is 4.88 Å². The summed E-state index contributed by atoms with van der Waals surface area (Å²) in [7, 11) is 0. The monoisotopic (exact) mass is 290 g/mol. The molecule has 1 aromatic heterocycles. The quantitative estimate of drug-likeness (QED) is 0.890. The molecule has 0 spiro atoms. The highest BCUT2D eigenvalue weighted by Gasteiger charge is 2.45. The Morgan fingerprint density at radius 3 is 2.90 bits per heavy atom. The number of thiazole rings is 1. The van der Waals surface area contributed by atoms with E-state index in [-0.39, 0.29) is 5.41 Å². The van der Waals surface area contributed by atoms with Crippen LogP contribution < -0.4 is 5.32 Å². The molecule has 0 fully saturated rings. The van der Waals surface area contributed by atoms with E-state index < -0.39 is 0 Å². The number of nitrogens with one attached hydrogen (secondary N) is 1. The fraction of sp³-hybridized carbons (Fsp3) is 0.625. The number of anilines is 1. The maximum atomic E-state index is 12.7. The van der Waals surface area contributed by atoms with Crippen LogP contribution in [0, 0.1) is 11.8 Å². The molecule has 1 N–H and O–H groups in total. The van der Waals surface area contributed by atoms with Crippen molar-refractivity contribution in [3.8, 4) is 0 Å². The number of carbonyl (C=O) groups excluding carboxylic acids is 1. The number of carbonyl (C=O) groups is 1. The van der Waals surface area contributed by atoms with Gasteiger partial charge >= 0.3 is 0 Å². The largest absolute Gasteiger partial charge is 0.342 e. The highest BCUT2D eigenvalue weighted by molar-refractivity contribution is 7.10. The first-order chi connectivity index (χ1) is 9.47. The summed E-state index contributed by atoms with van der Waals surface area (Å²) in [5, 5.41) is 3.44. The van der Waals surface area contributed by atoms with Gasteiger partial charge in [0.15, 0.2) is 5.78 Å². The van der Waals surface area contributed by atoms with Crippen LogP contribution in [0.15, 0.2) is 16.8 Å². The minimum Gasteiger partial charge on any atom is -0.342 e. The Labute approximate surface area is 124 Å². The number of fused-ring (bicyclic) bond motifs is 1. The van der Waals surface area contributed by atoms with Gasteiger partial charge in [0, 0.05) is 23.1 Å². The van der Waals surface area contributed by atoms with Crippen molar-refractivity contribution in [2.45, 2.75) is 52.4 Å². The van der Waals surface area contributed by atoms with Gasteiger partial charge in [-0.1, -0.05) is 27.7 Å². The number of Topliss-reactive ketones (excluding diaryl/α,β-unsaturated/α-hetero) is 1. The molecule has 0 saturated carbocycles. The minimum absolute atomic E-state index is 0.157. The van der Waals surface area contributed by atoms with E-state index in [4.69, 9.17) is 0 Å². The molecule has 0 saturated heterocycles. The van der Waals surface area contributed by atoms with E-state index in [0.717, 1.165) is 29.9 Å². The van der Waals surface area contributed by atoms with E-state index in [0.29, 0.717) is 24.0 Å². The molecule has 3 nitrogen and oxygen atoms in total. The highest BCUT2D eigenvalue weighted by Crippen LogP contribution is 2.50. The molecule has 2 aliphatic rings. The van der Waals surface area contributed by atoms with Gasteiger partial charge < -0.3 is 5.32 Å². The van der Waals surface area contributed by atoms with E-state index in [1.807, 2.05) is 5.51 Å². The summed E-state index contributed by atoms with van der Waals surface area (Å²) in [6.45, 7) is 8.79. The van der Waals surface area contributed by atoms with Crippen LogP contribution in [0.4, 0.5) is 5.82 Å². The molecule has 1 aliphatic carbocycles. The highest BCUT2D eigenvalue weighted by atomic mass is 32.1. The summed E-state index contributed by atoms with van der Waals surface area (Å²) >= 11 is 1.66. The first kappa shape index (κ1) is 13.8. The Kier molecular flexibility index (Phi) is 3.24. The predicted octanol–water partition coefficient (Wildman–Crippen LogP) is 4.13. The normalized spacial score (nSPS) is 29.2. The van der Waals surface area contributed by atoms with Gasteiger partial charge in [-0.05, 0) is 24.7 Å². The summed E-state index contributed by atoms with van der Waals surface area (Å²) in [6.07, 6.45) is 2.62. The second-order valence-corrected chi connectivity index (χ2v) is 7.38. The van der Waals surface area contributed by atoms with Gasteiger partial charge in [-0.25, -0.2) is 4.98 Å². The number of hydrogen-bond donors (Lipinski definition) is 1. The molecule has 1 aliphatic heterocycles. The lowest BCUT2D eigenvalue weighted by molar-refractivity contribution is -0.118. The van der Waals surface area contributed by atoms with E-state index in [2.05, 4.69) is 38.0 Å². The van der Waals surface area contributed by atoms with Crippen molar-refractivity contribution in [1.29, 1.82) is 0 Å². The van der Waals surface area contributed by atoms with Crippen LogP contribution in [-0.4, -0.2) is 10.8 Å². The standard InChI is InChI=1S/C16H22N2OS/c1-5-16(4)13-11(18-15-14(16)20-8-17-15)6-10(9(2)3)7-12(13)19/h8-10,18H,5-7H2,1-4H3/t10-,16+/m0/s1. The molecule has 2 heterocycles. The number of allylic oxidation sites excluding steroid dienone is 2. The van der Waals surface area contributed by atoms with Crippen molar-refractivity contribution >= 4 is 22.9 Å². The van der Waals surface area contributed by atoms with Gasteiger partial charge in [0.2, 0.25) is 0 Å². The lowest BCUT2D eigenvalue weighted by Crippen LogP contribution is -2.39. The third kappa shape index (κ3) is 1.85. The van der Waals surface area contributed by atoms with Crippen LogP contribution in [0.25, 0.3) is 0 Å². The maximum Gasteiger partial charge on any atom is 0.161 e. The zero-order valence-electron chi connectivity index (χ0n) is 12.6. The number of ketones is 1. The van der Waals surface area contributed by atoms with Crippen LogP contribution in [0.5, 0.6) is 0 Å². The van der Waals surface area contributed by atoms with Crippen molar-refractivity contribution in [3.05, 3.63) is 21.7 Å². The van der Waals surface area contributed by atoms with Crippen LogP contribution in [-0.2, 0) is 10.2 Å². The molecule has 1 aromatic rings. The molecule has 0 unspecified atom stereocenters. The lowest BCUT2D eigenvalue weighted by Gasteiger charge is -2.41. The first-order valence-corrected chi connectivity index (χ1v) is 8.33. The summed E-state index contributed by atoms with van der Waals surface area (Å²) in [5.41, 5.74) is 3.88. The van der Waals surface area contributed by atoms with Crippen LogP contribution >= 0.6 is 11.3 Å².